The zero-order valence-corrected chi connectivity index (χ0v) is 9.58. The Labute approximate surface area is 87.7 Å². The predicted octanol–water partition coefficient (Wildman–Crippen LogP) is 0.300. The molecule has 0 aromatic rings. The number of hydrogen-bond donors (Lipinski definition) is 0. The van der Waals surface area contributed by atoms with Crippen molar-refractivity contribution in [1.29, 1.82) is 0 Å². The molecule has 2 aliphatic rings. The lowest BCUT2D eigenvalue weighted by Crippen LogP contribution is -2.43. The zero-order valence-electron chi connectivity index (χ0n) is 8.76. The number of hydrogen-bond acceptors (Lipinski definition) is 4. The Balaban J connectivity index is 2.31. The summed E-state index contributed by atoms with van der Waals surface area (Å²) < 4.78 is 0. The van der Waals surface area contributed by atoms with Gasteiger partial charge in [-0.05, 0) is 6.26 Å². The molecule has 5 nitrogen and oxygen atoms in total. The van der Waals surface area contributed by atoms with Crippen molar-refractivity contribution in [3.63, 3.8) is 0 Å². The van der Waals surface area contributed by atoms with Crippen LogP contribution in [0.4, 0.5) is 4.79 Å². The minimum Gasteiger partial charge on any atom is -0.330 e. The van der Waals surface area contributed by atoms with Crippen LogP contribution in [0.25, 0.3) is 0 Å². The number of fused-ring (bicyclic) bond motifs is 1. The van der Waals surface area contributed by atoms with Crippen LogP contribution in [-0.4, -0.2) is 65.6 Å². The molecule has 0 aromatic carbocycles. The van der Waals surface area contributed by atoms with Crippen LogP contribution >= 0.6 is 11.8 Å². The second kappa shape index (κ2) is 3.05. The van der Waals surface area contributed by atoms with Gasteiger partial charge in [-0.15, -0.1) is 0 Å². The van der Waals surface area contributed by atoms with Gasteiger partial charge in [0.1, 0.15) is 6.17 Å². The van der Waals surface area contributed by atoms with Gasteiger partial charge in [-0.2, -0.15) is 0 Å². The molecular weight excluding hydrogens is 200 g/mol. The summed E-state index contributed by atoms with van der Waals surface area (Å²) in [4.78, 5) is 21.6. The molecule has 0 aromatic heterocycles. The summed E-state index contributed by atoms with van der Waals surface area (Å²) in [6, 6.07) is 0.0377. The summed E-state index contributed by atoms with van der Waals surface area (Å²) in [6.45, 7) is 0. The molecule has 2 aliphatic heterocycles. The first-order valence-corrected chi connectivity index (χ1v) is 5.64. The highest BCUT2D eigenvalue weighted by Gasteiger charge is 2.48. The highest BCUT2D eigenvalue weighted by atomic mass is 32.2. The van der Waals surface area contributed by atoms with Gasteiger partial charge in [0.2, 0.25) is 0 Å². The molecule has 0 saturated carbocycles. The molecule has 2 heterocycles. The molecule has 1 fully saturated rings. The van der Waals surface area contributed by atoms with Gasteiger partial charge in [0.25, 0.3) is 0 Å². The van der Waals surface area contributed by atoms with Gasteiger partial charge in [0.15, 0.2) is 11.3 Å². The van der Waals surface area contributed by atoms with Crippen LogP contribution in [0.3, 0.4) is 0 Å². The summed E-state index contributed by atoms with van der Waals surface area (Å²) >= 11 is 1.61. The Morgan fingerprint density at radius 3 is 2.36 bits per heavy atom. The quantitative estimate of drug-likeness (QED) is 0.582. The maximum Gasteiger partial charge on any atom is 0.323 e. The predicted molar refractivity (Wildman–Crippen MR) is 57.2 cm³/mol. The molecule has 1 saturated heterocycles. The molecular formula is C8H14N4OS. The lowest BCUT2D eigenvalue weighted by Gasteiger charge is -2.25. The number of urea groups is 1. The summed E-state index contributed by atoms with van der Waals surface area (Å²) in [6.07, 6.45) is 2.02. The van der Waals surface area contributed by atoms with E-state index < -0.39 is 0 Å². The highest BCUT2D eigenvalue weighted by molar-refractivity contribution is 8.13. The van der Waals surface area contributed by atoms with Gasteiger partial charge in [-0.3, -0.25) is 0 Å². The second-order valence-electron chi connectivity index (χ2n) is 3.56. The molecule has 2 rings (SSSR count). The molecule has 78 valence electrons. The normalized spacial score (nSPS) is 31.3. The van der Waals surface area contributed by atoms with Crippen molar-refractivity contribution in [2.45, 2.75) is 12.3 Å². The highest BCUT2D eigenvalue weighted by Crippen LogP contribution is 2.30. The number of amidine groups is 1. The fraction of sp³-hybridized carbons (Fsp3) is 0.750. The van der Waals surface area contributed by atoms with Gasteiger partial charge in [-0.1, -0.05) is 11.8 Å². The average Bonchev–Trinajstić information content (AvgIpc) is 2.60. The van der Waals surface area contributed by atoms with E-state index in [0.29, 0.717) is 0 Å². The van der Waals surface area contributed by atoms with Crippen LogP contribution in [0, 0.1) is 0 Å². The zero-order chi connectivity index (χ0) is 10.5. The first-order chi connectivity index (χ1) is 6.57. The van der Waals surface area contributed by atoms with Crippen LogP contribution in [-0.2, 0) is 0 Å². The third kappa shape index (κ3) is 1.03. The summed E-state index contributed by atoms with van der Waals surface area (Å²) in [5, 5.41) is 0.992. The molecule has 2 amide bonds. The Morgan fingerprint density at radius 2 is 1.86 bits per heavy atom. The number of rotatable bonds is 0. The number of carbonyl (C=O) groups is 1. The van der Waals surface area contributed by atoms with Gasteiger partial charge in [0.05, 0.1) is 0 Å². The van der Waals surface area contributed by atoms with E-state index in [4.69, 9.17) is 0 Å². The maximum absolute atomic E-state index is 11.6. The lowest BCUT2D eigenvalue weighted by atomic mass is 10.4. The summed E-state index contributed by atoms with van der Waals surface area (Å²) in [5.74, 6) is 0. The Bertz CT molecular complexity index is 306. The second-order valence-corrected chi connectivity index (χ2v) is 4.33. The van der Waals surface area contributed by atoms with Crippen LogP contribution in [0.15, 0.2) is 4.99 Å². The largest absolute Gasteiger partial charge is 0.330 e. The van der Waals surface area contributed by atoms with Crippen LogP contribution in [0.2, 0.25) is 0 Å². The van der Waals surface area contributed by atoms with Crippen molar-refractivity contribution in [3.8, 4) is 0 Å². The van der Waals surface area contributed by atoms with E-state index in [1.165, 1.54) is 0 Å². The molecule has 0 radical (unpaired) electrons. The van der Waals surface area contributed by atoms with E-state index in [1.807, 2.05) is 20.4 Å². The first kappa shape index (κ1) is 9.64. The van der Waals surface area contributed by atoms with Crippen molar-refractivity contribution in [3.05, 3.63) is 0 Å². The number of amides is 2. The van der Waals surface area contributed by atoms with Gasteiger partial charge >= 0.3 is 6.03 Å². The third-order valence-corrected chi connectivity index (χ3v) is 3.55. The van der Waals surface area contributed by atoms with Crippen molar-refractivity contribution >= 4 is 23.0 Å². The molecule has 0 N–H and O–H groups in total. The average molecular weight is 214 g/mol. The fourth-order valence-corrected chi connectivity index (χ4v) is 2.61. The van der Waals surface area contributed by atoms with Crippen molar-refractivity contribution in [2.75, 3.05) is 27.4 Å². The van der Waals surface area contributed by atoms with Gasteiger partial charge < -0.3 is 14.7 Å². The minimum atomic E-state index is -0.0417. The third-order valence-electron chi connectivity index (χ3n) is 2.79. The molecule has 0 aliphatic carbocycles. The monoisotopic (exact) mass is 214 g/mol. The van der Waals surface area contributed by atoms with Crippen molar-refractivity contribution < 1.29 is 4.79 Å². The summed E-state index contributed by atoms with van der Waals surface area (Å²) in [5.41, 5.74) is 0. The number of aliphatic imine (C=N–C) groups is 1. The van der Waals surface area contributed by atoms with Crippen LogP contribution < -0.4 is 0 Å². The molecule has 6 heteroatoms. The molecule has 0 spiro atoms. The van der Waals surface area contributed by atoms with E-state index in [0.717, 1.165) is 5.17 Å². The SMILES string of the molecule is CSC1=N[C@@H]2[C@@H](N(C)C(=O)N2C)N1C. The van der Waals surface area contributed by atoms with E-state index in [2.05, 4.69) is 9.89 Å². The number of likely N-dealkylation sites (N-methyl/N-ethyl adjacent to an activating group) is 3. The molecule has 2 atom stereocenters. The lowest BCUT2D eigenvalue weighted by molar-refractivity contribution is 0.182. The van der Waals surface area contributed by atoms with Crippen molar-refractivity contribution in [2.24, 2.45) is 4.99 Å². The van der Waals surface area contributed by atoms with E-state index >= 15 is 0 Å². The minimum absolute atomic E-state index is 0.0377. The fourth-order valence-electron chi connectivity index (χ4n) is 2.00. The molecule has 0 bridgehead atoms. The smallest absolute Gasteiger partial charge is 0.323 e. The van der Waals surface area contributed by atoms with Gasteiger partial charge in [0, 0.05) is 21.1 Å². The first-order valence-electron chi connectivity index (χ1n) is 4.42. The number of nitrogens with zero attached hydrogens (tertiary/aromatic N) is 4. The van der Waals surface area contributed by atoms with Crippen molar-refractivity contribution in [1.82, 2.24) is 14.7 Å². The summed E-state index contributed by atoms with van der Waals surface area (Å²) in [7, 11) is 5.59. The Morgan fingerprint density at radius 1 is 1.21 bits per heavy atom. The van der Waals surface area contributed by atoms with Gasteiger partial charge in [-0.25, -0.2) is 9.79 Å². The van der Waals surface area contributed by atoms with E-state index in [1.54, 1.807) is 28.6 Å². The van der Waals surface area contributed by atoms with E-state index in [-0.39, 0.29) is 18.4 Å². The molecule has 0 unspecified atom stereocenters. The molecule has 14 heavy (non-hydrogen) atoms. The maximum atomic E-state index is 11.6. The van der Waals surface area contributed by atoms with Crippen LogP contribution in [0.1, 0.15) is 0 Å². The standard InChI is InChI=1S/C8H14N4OS/c1-10-5-6(12(3)8(10)13)11(2)7(9-5)14-4/h5-6H,1-4H3/t5-,6+/m0/s1. The Hall–Kier alpha value is -0.910. The Kier molecular flexibility index (Phi) is 2.10. The van der Waals surface area contributed by atoms with E-state index in [9.17, 15) is 4.79 Å². The number of thioether (sulfide) groups is 1. The van der Waals surface area contributed by atoms with Crippen LogP contribution in [0.5, 0.6) is 0 Å². The topological polar surface area (TPSA) is 39.2 Å². The number of carbonyl (C=O) groups excluding carboxylic acids is 1.